The van der Waals surface area contributed by atoms with Gasteiger partial charge in [-0.2, -0.15) is 0 Å². The van der Waals surface area contributed by atoms with Crippen LogP contribution in [0.3, 0.4) is 0 Å². The van der Waals surface area contributed by atoms with Crippen LogP contribution in [0.1, 0.15) is 64.6 Å². The third-order valence-corrected chi connectivity index (χ3v) is 5.73. The van der Waals surface area contributed by atoms with Crippen LogP contribution in [0.25, 0.3) is 0 Å². The summed E-state index contributed by atoms with van der Waals surface area (Å²) < 4.78 is 16.1. The van der Waals surface area contributed by atoms with Gasteiger partial charge in [-0.25, -0.2) is 4.79 Å². The number of esters is 1. The van der Waals surface area contributed by atoms with Crippen LogP contribution in [0.5, 0.6) is 0 Å². The maximum Gasteiger partial charge on any atom is 0.330 e. The Morgan fingerprint density at radius 1 is 1.23 bits per heavy atom. The van der Waals surface area contributed by atoms with E-state index in [-0.39, 0.29) is 23.9 Å². The van der Waals surface area contributed by atoms with Crippen LogP contribution >= 0.6 is 0 Å². The van der Waals surface area contributed by atoms with Crippen molar-refractivity contribution in [3.8, 4) is 0 Å². The van der Waals surface area contributed by atoms with Gasteiger partial charge in [0.2, 0.25) is 0 Å². The fourth-order valence-electron chi connectivity index (χ4n) is 4.29. The summed E-state index contributed by atoms with van der Waals surface area (Å²) in [5, 5.41) is 21.1. The Morgan fingerprint density at radius 2 is 2.03 bits per heavy atom. The smallest absolute Gasteiger partial charge is 0.330 e. The van der Waals surface area contributed by atoms with Crippen LogP contribution in [0.2, 0.25) is 0 Å². The fourth-order valence-corrected chi connectivity index (χ4v) is 4.29. The summed E-state index contributed by atoms with van der Waals surface area (Å²) in [6.45, 7) is 3.65. The summed E-state index contributed by atoms with van der Waals surface area (Å²) in [5.41, 5.74) is 0. The average Bonchev–Trinajstić information content (AvgIpc) is 3.32. The van der Waals surface area contributed by atoms with Gasteiger partial charge in [0.1, 0.15) is 5.76 Å². The van der Waals surface area contributed by atoms with Crippen LogP contribution in [-0.2, 0) is 20.7 Å². The van der Waals surface area contributed by atoms with E-state index in [1.54, 1.807) is 13.4 Å². The van der Waals surface area contributed by atoms with Gasteiger partial charge in [-0.15, -0.1) is 0 Å². The third-order valence-electron chi connectivity index (χ3n) is 5.73. The molecule has 0 saturated heterocycles. The molecule has 1 saturated carbocycles. The number of rotatable bonds is 13. The molecule has 2 N–H and O–H groups in total. The number of carbonyl (C=O) groups is 1. The number of aryl methyl sites for hydroxylation is 1. The molecule has 0 bridgehead atoms. The second-order valence-corrected chi connectivity index (χ2v) is 8.51. The minimum atomic E-state index is -0.595. The molecule has 6 nitrogen and oxygen atoms in total. The first-order valence-corrected chi connectivity index (χ1v) is 11.4. The Bertz CT molecular complexity index is 691. The largest absolute Gasteiger partial charge is 0.501 e. The van der Waals surface area contributed by atoms with Gasteiger partial charge in [0.05, 0.1) is 37.4 Å². The van der Waals surface area contributed by atoms with Crippen molar-refractivity contribution in [3.05, 3.63) is 48.1 Å². The van der Waals surface area contributed by atoms with Crippen LogP contribution < -0.4 is 0 Å². The van der Waals surface area contributed by atoms with Crippen molar-refractivity contribution < 1.29 is 28.9 Å². The number of aliphatic hydroxyl groups is 2. The van der Waals surface area contributed by atoms with Gasteiger partial charge in [-0.1, -0.05) is 12.5 Å². The molecule has 0 aliphatic heterocycles. The topological polar surface area (TPSA) is 89.1 Å². The maximum atomic E-state index is 11.5. The predicted molar refractivity (Wildman–Crippen MR) is 119 cm³/mol. The summed E-state index contributed by atoms with van der Waals surface area (Å²) in [4.78, 5) is 11.5. The molecule has 174 valence electrons. The van der Waals surface area contributed by atoms with E-state index < -0.39 is 12.2 Å². The lowest BCUT2D eigenvalue weighted by atomic mass is 9.86. The normalized spacial score (nSPS) is 24.3. The quantitative estimate of drug-likeness (QED) is 0.205. The van der Waals surface area contributed by atoms with E-state index in [0.717, 1.165) is 56.5 Å². The zero-order chi connectivity index (χ0) is 22.6. The van der Waals surface area contributed by atoms with Gasteiger partial charge < -0.3 is 24.1 Å². The number of ether oxygens (including phenoxy) is 2. The van der Waals surface area contributed by atoms with E-state index in [0.29, 0.717) is 6.42 Å². The number of allylic oxidation sites excluding steroid dienone is 2. The van der Waals surface area contributed by atoms with Crippen molar-refractivity contribution in [1.29, 1.82) is 0 Å². The van der Waals surface area contributed by atoms with Crippen LogP contribution in [-0.4, -0.2) is 41.6 Å². The molecule has 1 fully saturated rings. The van der Waals surface area contributed by atoms with Crippen LogP contribution in [0.4, 0.5) is 0 Å². The molecule has 0 spiro atoms. The minimum absolute atomic E-state index is 0.0267. The van der Waals surface area contributed by atoms with Gasteiger partial charge in [-0.3, -0.25) is 0 Å². The van der Waals surface area contributed by atoms with Gasteiger partial charge in [0.25, 0.3) is 0 Å². The van der Waals surface area contributed by atoms with E-state index >= 15 is 0 Å². The van der Waals surface area contributed by atoms with Gasteiger partial charge in [0, 0.05) is 24.8 Å². The first kappa shape index (κ1) is 25.2. The number of hydrogen-bond acceptors (Lipinski definition) is 6. The molecule has 0 radical (unpaired) electrons. The van der Waals surface area contributed by atoms with E-state index in [1.807, 2.05) is 38.1 Å². The number of furan rings is 1. The van der Waals surface area contributed by atoms with E-state index in [2.05, 4.69) is 0 Å². The molecule has 0 aromatic carbocycles. The Hall–Kier alpha value is -2.05. The van der Waals surface area contributed by atoms with Gasteiger partial charge >= 0.3 is 5.97 Å². The molecule has 6 heteroatoms. The zero-order valence-corrected chi connectivity index (χ0v) is 19.0. The van der Waals surface area contributed by atoms with Crippen molar-refractivity contribution in [2.24, 2.45) is 11.8 Å². The Balaban J connectivity index is 1.81. The molecule has 1 heterocycles. The highest BCUT2D eigenvalue weighted by Gasteiger charge is 2.43. The highest BCUT2D eigenvalue weighted by atomic mass is 16.5. The van der Waals surface area contributed by atoms with Crippen molar-refractivity contribution >= 4 is 5.97 Å². The molecule has 2 rings (SSSR count). The molecular formula is C25H38O6. The second kappa shape index (κ2) is 13.4. The Kier molecular flexibility index (Phi) is 10.9. The molecule has 1 aromatic rings. The second-order valence-electron chi connectivity index (χ2n) is 8.51. The SMILES string of the molecule is CO/C(=C/CCCc1ccco1)C1C(CCCCC=CC(=O)OC(C)C)[C@@H](O)C[C@H]1O. The minimum Gasteiger partial charge on any atom is -0.501 e. The lowest BCUT2D eigenvalue weighted by Crippen LogP contribution is -2.25. The van der Waals surface area contributed by atoms with Crippen LogP contribution in [0.15, 0.2) is 46.8 Å². The standard InChI is InChI=1S/C25H38O6/c1-18(2)31-24(28)15-7-5-4-6-13-20-21(26)17-22(27)25(20)23(29-3)14-9-8-11-19-12-10-16-30-19/h7,10,12,14-16,18,20-22,25-27H,4-6,8-9,11,13,17H2,1-3H3/b15-7?,23-14+/t20?,21-,22+,25?/m0/s1. The molecule has 31 heavy (non-hydrogen) atoms. The fraction of sp³-hybridized carbons (Fsp3) is 0.640. The monoisotopic (exact) mass is 434 g/mol. The van der Waals surface area contributed by atoms with E-state index in [4.69, 9.17) is 13.9 Å². The molecule has 0 amide bonds. The molecular weight excluding hydrogens is 396 g/mol. The summed E-state index contributed by atoms with van der Waals surface area (Å²) in [6.07, 6.45) is 12.2. The first-order valence-electron chi connectivity index (χ1n) is 11.4. The number of aliphatic hydroxyl groups excluding tert-OH is 2. The van der Waals surface area contributed by atoms with Gasteiger partial charge in [0.15, 0.2) is 0 Å². The Labute approximate surface area is 185 Å². The third kappa shape index (κ3) is 8.54. The summed E-state index contributed by atoms with van der Waals surface area (Å²) in [5.74, 6) is 1.21. The molecule has 1 aliphatic rings. The number of methoxy groups -OCH3 is 1. The van der Waals surface area contributed by atoms with Crippen molar-refractivity contribution in [2.75, 3.05) is 7.11 Å². The Morgan fingerprint density at radius 3 is 2.71 bits per heavy atom. The molecule has 1 aromatic heterocycles. The van der Waals surface area contributed by atoms with Crippen LogP contribution in [0, 0.1) is 11.8 Å². The van der Waals surface area contributed by atoms with Crippen molar-refractivity contribution in [3.63, 3.8) is 0 Å². The van der Waals surface area contributed by atoms with Crippen molar-refractivity contribution in [2.45, 2.75) is 83.5 Å². The summed E-state index contributed by atoms with van der Waals surface area (Å²) in [7, 11) is 1.63. The number of carbonyl (C=O) groups excluding carboxylic acids is 1. The predicted octanol–water partition coefficient (Wildman–Crippen LogP) is 4.56. The maximum absolute atomic E-state index is 11.5. The zero-order valence-electron chi connectivity index (χ0n) is 19.0. The lowest BCUT2D eigenvalue weighted by molar-refractivity contribution is -0.141. The van der Waals surface area contributed by atoms with Crippen molar-refractivity contribution in [1.82, 2.24) is 0 Å². The lowest BCUT2D eigenvalue weighted by Gasteiger charge is -2.25. The van der Waals surface area contributed by atoms with E-state index in [9.17, 15) is 15.0 Å². The summed E-state index contributed by atoms with van der Waals surface area (Å²) >= 11 is 0. The average molecular weight is 435 g/mol. The summed E-state index contributed by atoms with van der Waals surface area (Å²) in [6, 6.07) is 3.86. The number of hydrogen-bond donors (Lipinski definition) is 2. The highest BCUT2D eigenvalue weighted by Crippen LogP contribution is 2.41. The van der Waals surface area contributed by atoms with E-state index in [1.165, 1.54) is 6.08 Å². The molecule has 4 atom stereocenters. The molecule has 2 unspecified atom stereocenters. The van der Waals surface area contributed by atoms with Gasteiger partial charge in [-0.05, 0) is 70.1 Å². The first-order chi connectivity index (χ1) is 14.9. The highest BCUT2D eigenvalue weighted by molar-refractivity contribution is 5.81. The molecule has 1 aliphatic carbocycles. The number of unbranched alkanes of at least 4 members (excludes halogenated alkanes) is 3.